The van der Waals surface area contributed by atoms with E-state index in [9.17, 15) is 9.90 Å². The third kappa shape index (κ3) is 3.12. The Balaban J connectivity index is 1.49. The van der Waals surface area contributed by atoms with Crippen LogP contribution in [0.5, 0.6) is 0 Å². The minimum atomic E-state index is -0.919. The molecule has 31 heavy (non-hydrogen) atoms. The standard InChI is InChI=1S/C26H27N3O2/c1-16-20-11-7-8-12-23(20)29-22(16)14-13-21(26(29)31)25(30)24-17(2)28(18(3)27-24)15-19-9-5-4-6-10-19/h4-12,21,25,30H,13-15H2,1-3H3. The quantitative estimate of drug-likeness (QED) is 0.525. The van der Waals surface area contributed by atoms with Gasteiger partial charge in [-0.15, -0.1) is 0 Å². The van der Waals surface area contributed by atoms with Crippen LogP contribution in [0.2, 0.25) is 0 Å². The van der Waals surface area contributed by atoms with Gasteiger partial charge in [0.1, 0.15) is 11.9 Å². The lowest BCUT2D eigenvalue weighted by molar-refractivity contribution is 0.0529. The molecule has 2 unspecified atom stereocenters. The number of carbonyl (C=O) groups is 1. The minimum Gasteiger partial charge on any atom is -0.386 e. The summed E-state index contributed by atoms with van der Waals surface area (Å²) in [5.41, 5.74) is 5.87. The lowest BCUT2D eigenvalue weighted by Gasteiger charge is -2.27. The van der Waals surface area contributed by atoms with E-state index in [0.29, 0.717) is 18.7 Å². The molecule has 1 aliphatic heterocycles. The SMILES string of the molecule is Cc1c2n(c3ccccc13)C(=O)C(C(O)c1nc(C)n(Cc3ccccc3)c1C)CC2. The van der Waals surface area contributed by atoms with Gasteiger partial charge in [-0.1, -0.05) is 48.5 Å². The summed E-state index contributed by atoms with van der Waals surface area (Å²) >= 11 is 0. The molecule has 0 aliphatic carbocycles. The van der Waals surface area contributed by atoms with Gasteiger partial charge in [0, 0.05) is 23.3 Å². The molecule has 5 heteroatoms. The summed E-state index contributed by atoms with van der Waals surface area (Å²) in [7, 11) is 0. The van der Waals surface area contributed by atoms with Crippen molar-refractivity contribution in [1.29, 1.82) is 0 Å². The Morgan fingerprint density at radius 3 is 2.55 bits per heavy atom. The maximum absolute atomic E-state index is 13.5. The van der Waals surface area contributed by atoms with E-state index in [0.717, 1.165) is 40.1 Å². The molecule has 1 N–H and O–H groups in total. The summed E-state index contributed by atoms with van der Waals surface area (Å²) in [4.78, 5) is 18.2. The molecule has 2 atom stereocenters. The maximum atomic E-state index is 13.5. The summed E-state index contributed by atoms with van der Waals surface area (Å²) in [5, 5.41) is 12.4. The molecule has 3 heterocycles. The Kier molecular flexibility index (Phi) is 4.78. The van der Waals surface area contributed by atoms with Crippen molar-refractivity contribution < 1.29 is 9.90 Å². The molecule has 0 bridgehead atoms. The first-order chi connectivity index (χ1) is 15.0. The van der Waals surface area contributed by atoms with E-state index >= 15 is 0 Å². The summed E-state index contributed by atoms with van der Waals surface area (Å²) in [5.74, 6) is 0.315. The minimum absolute atomic E-state index is 0.0345. The van der Waals surface area contributed by atoms with Crippen LogP contribution >= 0.6 is 0 Å². The highest BCUT2D eigenvalue weighted by molar-refractivity contribution is 5.97. The number of fused-ring (bicyclic) bond motifs is 3. The maximum Gasteiger partial charge on any atom is 0.237 e. The fourth-order valence-electron chi connectivity index (χ4n) is 5.05. The van der Waals surface area contributed by atoms with Gasteiger partial charge in [0.2, 0.25) is 5.91 Å². The number of benzene rings is 2. The van der Waals surface area contributed by atoms with E-state index in [-0.39, 0.29) is 5.91 Å². The van der Waals surface area contributed by atoms with Crippen LogP contribution in [-0.4, -0.2) is 25.1 Å². The third-order valence-corrected chi connectivity index (χ3v) is 6.77. The molecule has 5 rings (SSSR count). The molecule has 4 aromatic rings. The number of carbonyl (C=O) groups excluding carboxylic acids is 1. The number of nitrogens with zero attached hydrogens (tertiary/aromatic N) is 3. The molecule has 0 fully saturated rings. The summed E-state index contributed by atoms with van der Waals surface area (Å²) in [6.45, 7) is 6.71. The van der Waals surface area contributed by atoms with E-state index in [1.54, 1.807) is 0 Å². The Bertz CT molecular complexity index is 1280. The zero-order valence-electron chi connectivity index (χ0n) is 18.2. The second-order valence-electron chi connectivity index (χ2n) is 8.55. The van der Waals surface area contributed by atoms with E-state index in [4.69, 9.17) is 4.98 Å². The number of aliphatic hydroxyl groups is 1. The highest BCUT2D eigenvalue weighted by atomic mass is 16.3. The lowest BCUT2D eigenvalue weighted by atomic mass is 9.89. The van der Waals surface area contributed by atoms with E-state index < -0.39 is 12.0 Å². The van der Waals surface area contributed by atoms with Crippen LogP contribution in [0, 0.1) is 26.7 Å². The summed E-state index contributed by atoms with van der Waals surface area (Å²) in [6, 6.07) is 18.2. The topological polar surface area (TPSA) is 60.1 Å². The molecule has 0 amide bonds. The van der Waals surface area contributed by atoms with E-state index in [1.165, 1.54) is 5.56 Å². The number of aromatic nitrogens is 3. The van der Waals surface area contributed by atoms with Gasteiger partial charge in [-0.25, -0.2) is 4.98 Å². The summed E-state index contributed by atoms with van der Waals surface area (Å²) < 4.78 is 3.94. The number of aliphatic hydroxyl groups excluding tert-OH is 1. The second-order valence-corrected chi connectivity index (χ2v) is 8.55. The predicted molar refractivity (Wildman–Crippen MR) is 121 cm³/mol. The molecule has 0 radical (unpaired) electrons. The van der Waals surface area contributed by atoms with Crippen LogP contribution in [-0.2, 0) is 13.0 Å². The number of aryl methyl sites for hydroxylation is 2. The van der Waals surface area contributed by atoms with Gasteiger partial charge in [-0.3, -0.25) is 9.36 Å². The first kappa shape index (κ1) is 19.8. The molecule has 0 saturated heterocycles. The summed E-state index contributed by atoms with van der Waals surface area (Å²) in [6.07, 6.45) is 0.482. The number of hydrogen-bond acceptors (Lipinski definition) is 3. The zero-order valence-corrected chi connectivity index (χ0v) is 18.2. The van der Waals surface area contributed by atoms with Crippen LogP contribution in [0.15, 0.2) is 54.6 Å². The van der Waals surface area contributed by atoms with Crippen molar-refractivity contribution in [2.24, 2.45) is 5.92 Å². The molecular weight excluding hydrogens is 386 g/mol. The fraction of sp³-hybridized carbons (Fsp3) is 0.308. The fourth-order valence-corrected chi connectivity index (χ4v) is 5.05. The van der Waals surface area contributed by atoms with Crippen LogP contribution in [0.3, 0.4) is 0 Å². The van der Waals surface area contributed by atoms with E-state index in [1.807, 2.05) is 54.8 Å². The van der Waals surface area contributed by atoms with Crippen LogP contribution in [0.4, 0.5) is 0 Å². The number of hydrogen-bond donors (Lipinski definition) is 1. The molecule has 158 valence electrons. The molecule has 2 aromatic carbocycles. The average Bonchev–Trinajstić information content (AvgIpc) is 3.23. The Hall–Kier alpha value is -3.18. The van der Waals surface area contributed by atoms with Crippen molar-refractivity contribution in [3.63, 3.8) is 0 Å². The van der Waals surface area contributed by atoms with Crippen molar-refractivity contribution in [3.05, 3.63) is 88.6 Å². The van der Waals surface area contributed by atoms with Crippen molar-refractivity contribution in [3.8, 4) is 0 Å². The zero-order chi connectivity index (χ0) is 21.7. The van der Waals surface area contributed by atoms with Crippen LogP contribution in [0.25, 0.3) is 10.9 Å². The smallest absolute Gasteiger partial charge is 0.237 e. The third-order valence-electron chi connectivity index (χ3n) is 6.77. The van der Waals surface area contributed by atoms with Gasteiger partial charge in [0.15, 0.2) is 0 Å². The lowest BCUT2D eigenvalue weighted by Crippen LogP contribution is -2.33. The van der Waals surface area contributed by atoms with Gasteiger partial charge < -0.3 is 9.67 Å². The Morgan fingerprint density at radius 1 is 1.06 bits per heavy atom. The Morgan fingerprint density at radius 2 is 1.77 bits per heavy atom. The molecule has 5 nitrogen and oxygen atoms in total. The largest absolute Gasteiger partial charge is 0.386 e. The molecular formula is C26H27N3O2. The van der Waals surface area contributed by atoms with Crippen molar-refractivity contribution in [2.75, 3.05) is 0 Å². The number of para-hydroxylation sites is 1. The first-order valence-corrected chi connectivity index (χ1v) is 10.9. The van der Waals surface area contributed by atoms with E-state index in [2.05, 4.69) is 29.7 Å². The predicted octanol–water partition coefficient (Wildman–Crippen LogP) is 4.75. The van der Waals surface area contributed by atoms with Crippen LogP contribution < -0.4 is 0 Å². The monoisotopic (exact) mass is 413 g/mol. The van der Waals surface area contributed by atoms with Crippen molar-refractivity contribution in [2.45, 2.75) is 46.3 Å². The highest BCUT2D eigenvalue weighted by Crippen LogP contribution is 2.37. The number of rotatable bonds is 4. The molecule has 0 spiro atoms. The van der Waals surface area contributed by atoms with Gasteiger partial charge in [0.25, 0.3) is 0 Å². The molecule has 1 aliphatic rings. The molecule has 0 saturated carbocycles. The normalized spacial score (nSPS) is 17.2. The van der Waals surface area contributed by atoms with Crippen LogP contribution in [0.1, 0.15) is 51.4 Å². The second kappa shape index (κ2) is 7.50. The van der Waals surface area contributed by atoms with Gasteiger partial charge in [-0.2, -0.15) is 0 Å². The van der Waals surface area contributed by atoms with Gasteiger partial charge >= 0.3 is 0 Å². The number of imidazole rings is 1. The van der Waals surface area contributed by atoms with Crippen molar-refractivity contribution >= 4 is 16.8 Å². The Labute approximate surface area is 182 Å². The van der Waals surface area contributed by atoms with Gasteiger partial charge in [-0.05, 0) is 50.8 Å². The van der Waals surface area contributed by atoms with Gasteiger partial charge in [0.05, 0.1) is 17.1 Å². The van der Waals surface area contributed by atoms with Crippen molar-refractivity contribution in [1.82, 2.24) is 14.1 Å². The first-order valence-electron chi connectivity index (χ1n) is 10.9. The average molecular weight is 414 g/mol. The molecule has 2 aromatic heterocycles. The highest BCUT2D eigenvalue weighted by Gasteiger charge is 2.37.